The lowest BCUT2D eigenvalue weighted by molar-refractivity contribution is -0.129. The van der Waals surface area contributed by atoms with Crippen LogP contribution in [0, 0.1) is 5.82 Å². The first-order valence-corrected chi connectivity index (χ1v) is 7.61. The van der Waals surface area contributed by atoms with Gasteiger partial charge in [0.15, 0.2) is 0 Å². The Morgan fingerprint density at radius 2 is 1.96 bits per heavy atom. The van der Waals surface area contributed by atoms with Crippen LogP contribution in [0.5, 0.6) is 5.75 Å². The molecule has 0 saturated carbocycles. The van der Waals surface area contributed by atoms with E-state index in [9.17, 15) is 14.0 Å². The third kappa shape index (κ3) is 5.46. The number of hydrogen-bond acceptors (Lipinski definition) is 3. The Balaban J connectivity index is 1.93. The second-order valence-corrected chi connectivity index (χ2v) is 5.33. The zero-order chi connectivity index (χ0) is 18.2. The maximum absolute atomic E-state index is 13.1. The van der Waals surface area contributed by atoms with Gasteiger partial charge in [-0.25, -0.2) is 4.39 Å². The molecule has 0 aromatic heterocycles. The molecule has 0 atom stereocenters. The van der Waals surface area contributed by atoms with Gasteiger partial charge in [-0.3, -0.25) is 9.59 Å². The number of rotatable bonds is 6. The number of likely N-dealkylation sites (N-methyl/N-ethyl adjacent to an activating group) is 1. The summed E-state index contributed by atoms with van der Waals surface area (Å²) in [5, 5.41) is 2.54. The van der Waals surface area contributed by atoms with Crippen LogP contribution in [-0.4, -0.2) is 37.4 Å². The Labute approximate surface area is 145 Å². The summed E-state index contributed by atoms with van der Waals surface area (Å²) >= 11 is 0. The van der Waals surface area contributed by atoms with Gasteiger partial charge in [0.2, 0.25) is 11.8 Å². The van der Waals surface area contributed by atoms with Gasteiger partial charge in [-0.15, -0.1) is 0 Å². The third-order valence-electron chi connectivity index (χ3n) is 3.41. The number of para-hydroxylation sites is 1. The molecule has 2 amide bonds. The molecule has 5 nitrogen and oxygen atoms in total. The molecule has 0 aliphatic carbocycles. The summed E-state index contributed by atoms with van der Waals surface area (Å²) in [6.07, 6.45) is 3.00. The van der Waals surface area contributed by atoms with E-state index in [1.165, 1.54) is 36.2 Å². The van der Waals surface area contributed by atoms with E-state index in [4.69, 9.17) is 4.74 Å². The first kappa shape index (κ1) is 18.2. The highest BCUT2D eigenvalue weighted by molar-refractivity contribution is 5.98. The number of ether oxygens (including phenoxy) is 1. The first-order chi connectivity index (χ1) is 12.0. The van der Waals surface area contributed by atoms with Gasteiger partial charge in [0.1, 0.15) is 11.6 Å². The van der Waals surface area contributed by atoms with Crippen molar-refractivity contribution in [3.05, 3.63) is 66.0 Å². The Hall–Kier alpha value is -3.15. The van der Waals surface area contributed by atoms with Crippen LogP contribution in [0.4, 0.5) is 10.1 Å². The molecule has 0 spiro atoms. The third-order valence-corrected chi connectivity index (χ3v) is 3.41. The average Bonchev–Trinajstić information content (AvgIpc) is 2.59. The molecule has 0 fully saturated rings. The van der Waals surface area contributed by atoms with Gasteiger partial charge in [0, 0.05) is 24.4 Å². The maximum atomic E-state index is 13.1. The number of amides is 2. The van der Waals surface area contributed by atoms with E-state index in [1.54, 1.807) is 25.3 Å². The van der Waals surface area contributed by atoms with Gasteiger partial charge in [0.25, 0.3) is 0 Å². The number of halogens is 1. The van der Waals surface area contributed by atoms with Crippen LogP contribution >= 0.6 is 0 Å². The number of carbonyl (C=O) groups is 2. The summed E-state index contributed by atoms with van der Waals surface area (Å²) in [5.41, 5.74) is 1.10. The van der Waals surface area contributed by atoms with Crippen molar-refractivity contribution in [2.24, 2.45) is 0 Å². The van der Waals surface area contributed by atoms with Gasteiger partial charge in [-0.2, -0.15) is 0 Å². The van der Waals surface area contributed by atoms with E-state index in [-0.39, 0.29) is 12.5 Å². The van der Waals surface area contributed by atoms with E-state index in [0.717, 1.165) is 5.56 Å². The number of benzene rings is 2. The van der Waals surface area contributed by atoms with Crippen molar-refractivity contribution >= 4 is 23.6 Å². The van der Waals surface area contributed by atoms with Crippen LogP contribution in [0.1, 0.15) is 5.56 Å². The van der Waals surface area contributed by atoms with Crippen LogP contribution in [0.15, 0.2) is 54.6 Å². The van der Waals surface area contributed by atoms with Gasteiger partial charge in [-0.05, 0) is 30.3 Å². The minimum atomic E-state index is -0.443. The molecule has 0 bridgehead atoms. The molecule has 2 aromatic carbocycles. The van der Waals surface area contributed by atoms with Gasteiger partial charge in [0.05, 0.1) is 13.7 Å². The van der Waals surface area contributed by atoms with Crippen molar-refractivity contribution in [2.45, 2.75) is 0 Å². The summed E-state index contributed by atoms with van der Waals surface area (Å²) in [4.78, 5) is 25.3. The molecule has 25 heavy (non-hydrogen) atoms. The minimum Gasteiger partial charge on any atom is -0.496 e. The number of carbonyl (C=O) groups excluding carboxylic acids is 2. The molecule has 0 saturated heterocycles. The minimum absolute atomic E-state index is 0.147. The Morgan fingerprint density at radius 3 is 2.68 bits per heavy atom. The summed E-state index contributed by atoms with van der Waals surface area (Å²) < 4.78 is 18.3. The van der Waals surface area contributed by atoms with Crippen molar-refractivity contribution in [1.82, 2.24) is 4.90 Å². The normalized spacial score (nSPS) is 10.5. The van der Waals surface area contributed by atoms with Crippen molar-refractivity contribution in [2.75, 3.05) is 26.0 Å². The van der Waals surface area contributed by atoms with Crippen LogP contribution in [0.3, 0.4) is 0 Å². The Bertz CT molecular complexity index is 790. The largest absolute Gasteiger partial charge is 0.496 e. The first-order valence-electron chi connectivity index (χ1n) is 7.61. The Morgan fingerprint density at radius 1 is 1.20 bits per heavy atom. The monoisotopic (exact) mass is 342 g/mol. The van der Waals surface area contributed by atoms with Crippen molar-refractivity contribution in [3.8, 4) is 5.75 Å². The highest BCUT2D eigenvalue weighted by atomic mass is 19.1. The molecule has 0 aliphatic rings. The van der Waals surface area contributed by atoms with Crippen LogP contribution in [0.25, 0.3) is 6.08 Å². The lowest BCUT2D eigenvalue weighted by atomic mass is 10.2. The van der Waals surface area contributed by atoms with E-state index >= 15 is 0 Å². The number of nitrogens with zero attached hydrogens (tertiary/aromatic N) is 1. The van der Waals surface area contributed by atoms with E-state index in [1.807, 2.05) is 18.2 Å². The molecule has 6 heteroatoms. The van der Waals surface area contributed by atoms with E-state index < -0.39 is 11.7 Å². The van der Waals surface area contributed by atoms with Gasteiger partial charge in [-0.1, -0.05) is 24.3 Å². The molecule has 0 heterocycles. The quantitative estimate of drug-likeness (QED) is 0.821. The molecular formula is C19H19FN2O3. The fourth-order valence-electron chi connectivity index (χ4n) is 2.15. The number of anilines is 1. The fraction of sp³-hybridized carbons (Fsp3) is 0.158. The summed E-state index contributed by atoms with van der Waals surface area (Å²) in [6.45, 7) is -0.147. The SMILES string of the molecule is COc1ccccc1/C=C/C(=O)N(C)CC(=O)Nc1cccc(F)c1. The zero-order valence-corrected chi connectivity index (χ0v) is 14.0. The highest BCUT2D eigenvalue weighted by Crippen LogP contribution is 2.18. The summed E-state index contributed by atoms with van der Waals surface area (Å²) in [5.74, 6) is -0.535. The second kappa shape index (κ2) is 8.63. The van der Waals surface area contributed by atoms with Crippen molar-refractivity contribution < 1.29 is 18.7 Å². The molecule has 0 aliphatic heterocycles. The molecule has 2 aromatic rings. The highest BCUT2D eigenvalue weighted by Gasteiger charge is 2.11. The van der Waals surface area contributed by atoms with Crippen molar-refractivity contribution in [3.63, 3.8) is 0 Å². The summed E-state index contributed by atoms with van der Waals surface area (Å²) in [7, 11) is 3.07. The molecule has 2 rings (SSSR count). The molecule has 0 radical (unpaired) electrons. The predicted octanol–water partition coefficient (Wildman–Crippen LogP) is 2.94. The lowest BCUT2D eigenvalue weighted by Crippen LogP contribution is -2.33. The topological polar surface area (TPSA) is 58.6 Å². The number of hydrogen-bond donors (Lipinski definition) is 1. The molecule has 130 valence electrons. The molecule has 0 unspecified atom stereocenters. The van der Waals surface area contributed by atoms with E-state index in [2.05, 4.69) is 5.32 Å². The predicted molar refractivity (Wildman–Crippen MR) is 94.7 cm³/mol. The Kier molecular flexibility index (Phi) is 6.28. The lowest BCUT2D eigenvalue weighted by Gasteiger charge is -2.15. The van der Waals surface area contributed by atoms with E-state index in [0.29, 0.717) is 11.4 Å². The molecular weight excluding hydrogens is 323 g/mol. The van der Waals surface area contributed by atoms with Crippen LogP contribution in [-0.2, 0) is 9.59 Å². The summed E-state index contributed by atoms with van der Waals surface area (Å²) in [6, 6.07) is 12.8. The molecule has 1 N–H and O–H groups in total. The van der Waals surface area contributed by atoms with Crippen LogP contribution < -0.4 is 10.1 Å². The van der Waals surface area contributed by atoms with Gasteiger partial charge >= 0.3 is 0 Å². The number of nitrogens with one attached hydrogen (secondary N) is 1. The average molecular weight is 342 g/mol. The second-order valence-electron chi connectivity index (χ2n) is 5.33. The smallest absolute Gasteiger partial charge is 0.246 e. The van der Waals surface area contributed by atoms with Crippen molar-refractivity contribution in [1.29, 1.82) is 0 Å². The van der Waals surface area contributed by atoms with Gasteiger partial charge < -0.3 is 15.0 Å². The number of methoxy groups -OCH3 is 1. The van der Waals surface area contributed by atoms with Crippen LogP contribution in [0.2, 0.25) is 0 Å². The standard InChI is InChI=1S/C19H19FN2O3/c1-22(13-18(23)21-16-8-5-7-15(20)12-16)19(24)11-10-14-6-3-4-9-17(14)25-2/h3-12H,13H2,1-2H3,(H,21,23)/b11-10+. The zero-order valence-electron chi connectivity index (χ0n) is 14.0. The fourth-order valence-corrected chi connectivity index (χ4v) is 2.15. The maximum Gasteiger partial charge on any atom is 0.246 e.